The summed E-state index contributed by atoms with van der Waals surface area (Å²) in [6, 6.07) is 6.63. The smallest absolute Gasteiger partial charge is 0.160 e. The minimum atomic E-state index is -0.310. The SMILES string of the molecule is CCC(=O)C1CC=NN1Oc1ccc(Cl)cc1. The number of carbonyl (C=O) groups excluding carboxylic acids is 1. The Hall–Kier alpha value is -1.55. The first kappa shape index (κ1) is 11.9. The van der Waals surface area contributed by atoms with Gasteiger partial charge in [-0.15, -0.1) is 5.17 Å². The first-order valence-corrected chi connectivity index (χ1v) is 5.86. The van der Waals surface area contributed by atoms with E-state index in [1.165, 1.54) is 5.17 Å². The van der Waals surface area contributed by atoms with Gasteiger partial charge < -0.3 is 4.84 Å². The topological polar surface area (TPSA) is 41.9 Å². The number of ketones is 1. The van der Waals surface area contributed by atoms with Crippen molar-refractivity contribution in [1.82, 2.24) is 5.17 Å². The largest absolute Gasteiger partial charge is 0.362 e. The van der Waals surface area contributed by atoms with E-state index >= 15 is 0 Å². The first-order chi connectivity index (χ1) is 8.20. The summed E-state index contributed by atoms with van der Waals surface area (Å²) in [7, 11) is 0. The third-order valence-electron chi connectivity index (χ3n) is 2.52. The molecule has 0 fully saturated rings. The molecule has 1 heterocycles. The number of Topliss-reactive ketones (excluding diaryl/α,β-unsaturated/α-hetero) is 1. The summed E-state index contributed by atoms with van der Waals surface area (Å²) in [5.41, 5.74) is 0. The number of rotatable bonds is 4. The molecule has 0 aliphatic carbocycles. The highest BCUT2D eigenvalue weighted by Gasteiger charge is 2.28. The molecule has 0 spiro atoms. The number of nitrogens with zero attached hydrogens (tertiary/aromatic N) is 2. The summed E-state index contributed by atoms with van der Waals surface area (Å²) < 4.78 is 0. The summed E-state index contributed by atoms with van der Waals surface area (Å²) in [6.45, 7) is 1.83. The Bertz CT molecular complexity index is 431. The van der Waals surface area contributed by atoms with Crippen LogP contribution in [0, 0.1) is 0 Å². The van der Waals surface area contributed by atoms with Gasteiger partial charge in [-0.3, -0.25) is 4.79 Å². The van der Waals surface area contributed by atoms with E-state index in [1.54, 1.807) is 30.5 Å². The maximum atomic E-state index is 11.6. The second-order valence-corrected chi connectivity index (χ2v) is 4.15. The molecule has 1 aromatic carbocycles. The number of hydroxylamine groups is 1. The van der Waals surface area contributed by atoms with Crippen molar-refractivity contribution >= 4 is 23.6 Å². The van der Waals surface area contributed by atoms with Gasteiger partial charge in [0.05, 0.1) is 0 Å². The summed E-state index contributed by atoms with van der Waals surface area (Å²) in [5.74, 6) is 0.735. The number of benzene rings is 1. The highest BCUT2D eigenvalue weighted by molar-refractivity contribution is 6.30. The average molecular weight is 253 g/mol. The fourth-order valence-corrected chi connectivity index (χ4v) is 1.70. The van der Waals surface area contributed by atoms with Crippen LogP contribution < -0.4 is 4.84 Å². The van der Waals surface area contributed by atoms with E-state index in [9.17, 15) is 4.79 Å². The zero-order valence-electron chi connectivity index (χ0n) is 9.47. The molecule has 0 saturated carbocycles. The Morgan fingerprint density at radius 2 is 2.24 bits per heavy atom. The van der Waals surface area contributed by atoms with Crippen molar-refractivity contribution in [1.29, 1.82) is 0 Å². The van der Waals surface area contributed by atoms with Crippen molar-refractivity contribution in [2.45, 2.75) is 25.8 Å². The summed E-state index contributed by atoms with van der Waals surface area (Å²) in [6.07, 6.45) is 2.77. The third kappa shape index (κ3) is 2.77. The van der Waals surface area contributed by atoms with Crippen LogP contribution in [0.3, 0.4) is 0 Å². The van der Waals surface area contributed by atoms with Gasteiger partial charge in [-0.2, -0.15) is 5.10 Å². The summed E-state index contributed by atoms with van der Waals surface area (Å²) >= 11 is 5.78. The molecule has 17 heavy (non-hydrogen) atoms. The van der Waals surface area contributed by atoms with Crippen LogP contribution in [0.5, 0.6) is 5.75 Å². The molecule has 2 rings (SSSR count). The lowest BCUT2D eigenvalue weighted by Crippen LogP contribution is -2.36. The van der Waals surface area contributed by atoms with Crippen LogP contribution >= 0.6 is 11.6 Å². The minimum Gasteiger partial charge on any atom is -0.362 e. The molecule has 0 bridgehead atoms. The number of carbonyl (C=O) groups is 1. The summed E-state index contributed by atoms with van der Waals surface area (Å²) in [5, 5.41) is 6.03. The molecule has 5 heteroatoms. The number of hydrogen-bond acceptors (Lipinski definition) is 4. The predicted molar refractivity (Wildman–Crippen MR) is 66.1 cm³/mol. The zero-order chi connectivity index (χ0) is 12.3. The van der Waals surface area contributed by atoms with Gasteiger partial charge in [-0.25, -0.2) is 0 Å². The molecular weight excluding hydrogens is 240 g/mol. The predicted octanol–water partition coefficient (Wildman–Crippen LogP) is 2.67. The fourth-order valence-electron chi connectivity index (χ4n) is 1.58. The molecule has 1 aromatic rings. The maximum absolute atomic E-state index is 11.6. The number of hydrazone groups is 1. The van der Waals surface area contributed by atoms with E-state index in [-0.39, 0.29) is 11.8 Å². The van der Waals surface area contributed by atoms with Gasteiger partial charge in [0.2, 0.25) is 0 Å². The normalized spacial score (nSPS) is 18.5. The van der Waals surface area contributed by atoms with E-state index < -0.39 is 0 Å². The average Bonchev–Trinajstić information content (AvgIpc) is 2.79. The Morgan fingerprint density at radius 3 is 2.88 bits per heavy atom. The molecule has 0 amide bonds. The van der Waals surface area contributed by atoms with Crippen LogP contribution in [0.2, 0.25) is 5.02 Å². The van der Waals surface area contributed by atoms with Gasteiger partial charge >= 0.3 is 0 Å². The van der Waals surface area contributed by atoms with Crippen molar-refractivity contribution in [3.05, 3.63) is 29.3 Å². The minimum absolute atomic E-state index is 0.122. The van der Waals surface area contributed by atoms with E-state index in [1.807, 2.05) is 6.92 Å². The van der Waals surface area contributed by atoms with Crippen molar-refractivity contribution in [3.8, 4) is 5.75 Å². The fraction of sp³-hybridized carbons (Fsp3) is 0.333. The first-order valence-electron chi connectivity index (χ1n) is 5.48. The van der Waals surface area contributed by atoms with Gasteiger partial charge in [-0.05, 0) is 24.3 Å². The Kier molecular flexibility index (Phi) is 3.64. The van der Waals surface area contributed by atoms with Crippen LogP contribution in [0.1, 0.15) is 19.8 Å². The molecule has 1 unspecified atom stereocenters. The molecule has 1 atom stereocenters. The molecule has 4 nitrogen and oxygen atoms in total. The monoisotopic (exact) mass is 252 g/mol. The molecular formula is C12H13ClN2O2. The highest BCUT2D eigenvalue weighted by atomic mass is 35.5. The Morgan fingerprint density at radius 1 is 1.53 bits per heavy atom. The van der Waals surface area contributed by atoms with Crippen LogP contribution in [-0.2, 0) is 4.79 Å². The van der Waals surface area contributed by atoms with E-state index in [4.69, 9.17) is 16.4 Å². The summed E-state index contributed by atoms with van der Waals surface area (Å²) in [4.78, 5) is 17.2. The molecule has 90 valence electrons. The highest BCUT2D eigenvalue weighted by Crippen LogP contribution is 2.20. The number of hydrogen-bond donors (Lipinski definition) is 0. The van der Waals surface area contributed by atoms with E-state index in [2.05, 4.69) is 5.10 Å². The second-order valence-electron chi connectivity index (χ2n) is 3.72. The van der Waals surface area contributed by atoms with Gasteiger partial charge in [0.25, 0.3) is 0 Å². The molecule has 0 N–H and O–H groups in total. The standard InChI is InChI=1S/C12H13ClN2O2/c1-2-12(16)11-7-8-14-15(11)17-10-5-3-9(13)4-6-10/h3-6,8,11H,2,7H2,1H3. The second kappa shape index (κ2) is 5.19. The Labute approximate surface area is 105 Å². The van der Waals surface area contributed by atoms with Crippen molar-refractivity contribution < 1.29 is 9.63 Å². The lowest BCUT2D eigenvalue weighted by Gasteiger charge is -2.21. The molecule has 0 radical (unpaired) electrons. The Balaban J connectivity index is 2.05. The van der Waals surface area contributed by atoms with Gasteiger partial charge in [-0.1, -0.05) is 18.5 Å². The van der Waals surface area contributed by atoms with Gasteiger partial charge in [0.15, 0.2) is 11.5 Å². The maximum Gasteiger partial charge on any atom is 0.160 e. The van der Waals surface area contributed by atoms with Crippen LogP contribution in [-0.4, -0.2) is 23.2 Å². The quantitative estimate of drug-likeness (QED) is 0.827. The van der Waals surface area contributed by atoms with Crippen molar-refractivity contribution in [2.24, 2.45) is 5.10 Å². The van der Waals surface area contributed by atoms with E-state index in [0.717, 1.165) is 0 Å². The lowest BCUT2D eigenvalue weighted by molar-refractivity contribution is -0.138. The van der Waals surface area contributed by atoms with Crippen molar-refractivity contribution in [3.63, 3.8) is 0 Å². The molecule has 0 aromatic heterocycles. The molecule has 1 aliphatic heterocycles. The van der Waals surface area contributed by atoms with Gasteiger partial charge in [0.1, 0.15) is 6.04 Å². The van der Waals surface area contributed by atoms with Crippen LogP contribution in [0.15, 0.2) is 29.4 Å². The van der Waals surface area contributed by atoms with Crippen molar-refractivity contribution in [2.75, 3.05) is 0 Å². The third-order valence-corrected chi connectivity index (χ3v) is 2.78. The molecule has 1 aliphatic rings. The van der Waals surface area contributed by atoms with Gasteiger partial charge in [0, 0.05) is 24.1 Å². The number of halogens is 1. The zero-order valence-corrected chi connectivity index (χ0v) is 10.2. The van der Waals surface area contributed by atoms with Crippen LogP contribution in [0.25, 0.3) is 0 Å². The lowest BCUT2D eigenvalue weighted by atomic mass is 10.1. The molecule has 0 saturated heterocycles. The van der Waals surface area contributed by atoms with E-state index in [0.29, 0.717) is 23.6 Å². The van der Waals surface area contributed by atoms with Crippen LogP contribution in [0.4, 0.5) is 0 Å².